The molecule has 0 spiro atoms. The first-order valence-corrected chi connectivity index (χ1v) is 7.07. The standard InChI is InChI=1S/C14H32N4/c1-12(2)8-9-13(3)17-14(15-4)16-10-7-11-18(5)6/h12-13H,7-11H2,1-6H3,(H2,15,16,17). The van der Waals surface area contributed by atoms with Crippen molar-refractivity contribution < 1.29 is 0 Å². The average molecular weight is 256 g/mol. The number of hydrogen-bond acceptors (Lipinski definition) is 2. The van der Waals surface area contributed by atoms with Crippen LogP contribution >= 0.6 is 0 Å². The Labute approximate surface area is 113 Å². The Bertz CT molecular complexity index is 224. The van der Waals surface area contributed by atoms with Gasteiger partial charge in [0.2, 0.25) is 0 Å². The van der Waals surface area contributed by atoms with Crippen molar-refractivity contribution in [2.24, 2.45) is 10.9 Å². The Morgan fingerprint density at radius 3 is 2.33 bits per heavy atom. The SMILES string of the molecule is CN=C(NCCCN(C)C)NC(C)CCC(C)C. The van der Waals surface area contributed by atoms with Gasteiger partial charge in [0.25, 0.3) is 0 Å². The minimum Gasteiger partial charge on any atom is -0.356 e. The molecule has 2 N–H and O–H groups in total. The smallest absolute Gasteiger partial charge is 0.191 e. The molecule has 0 rings (SSSR count). The Morgan fingerprint density at radius 1 is 1.17 bits per heavy atom. The summed E-state index contributed by atoms with van der Waals surface area (Å²) in [5, 5.41) is 6.79. The molecular formula is C14H32N4. The molecule has 0 saturated heterocycles. The lowest BCUT2D eigenvalue weighted by molar-refractivity contribution is 0.399. The van der Waals surface area contributed by atoms with Crippen LogP contribution in [0.3, 0.4) is 0 Å². The molecule has 0 aromatic rings. The van der Waals surface area contributed by atoms with Crippen LogP contribution in [0.4, 0.5) is 0 Å². The van der Waals surface area contributed by atoms with Crippen LogP contribution in [-0.4, -0.2) is 51.1 Å². The lowest BCUT2D eigenvalue weighted by atomic mass is 10.0. The normalized spacial score (nSPS) is 14.1. The van der Waals surface area contributed by atoms with E-state index in [-0.39, 0.29) is 0 Å². The summed E-state index contributed by atoms with van der Waals surface area (Å²) >= 11 is 0. The lowest BCUT2D eigenvalue weighted by Crippen LogP contribution is -2.43. The maximum absolute atomic E-state index is 4.25. The number of rotatable bonds is 8. The van der Waals surface area contributed by atoms with Crippen molar-refractivity contribution in [3.05, 3.63) is 0 Å². The second-order valence-corrected chi connectivity index (χ2v) is 5.67. The fraction of sp³-hybridized carbons (Fsp3) is 0.929. The molecular weight excluding hydrogens is 224 g/mol. The fourth-order valence-corrected chi connectivity index (χ4v) is 1.69. The second-order valence-electron chi connectivity index (χ2n) is 5.67. The van der Waals surface area contributed by atoms with Gasteiger partial charge in [-0.2, -0.15) is 0 Å². The molecule has 0 aliphatic carbocycles. The molecule has 0 saturated carbocycles. The number of guanidine groups is 1. The Balaban J connectivity index is 3.76. The molecule has 1 unspecified atom stereocenters. The highest BCUT2D eigenvalue weighted by Gasteiger charge is 2.05. The van der Waals surface area contributed by atoms with Gasteiger partial charge < -0.3 is 15.5 Å². The highest BCUT2D eigenvalue weighted by molar-refractivity contribution is 5.79. The van der Waals surface area contributed by atoms with E-state index in [9.17, 15) is 0 Å². The van der Waals surface area contributed by atoms with Crippen molar-refractivity contribution in [1.29, 1.82) is 0 Å². The molecule has 18 heavy (non-hydrogen) atoms. The van der Waals surface area contributed by atoms with Crippen molar-refractivity contribution in [2.45, 2.75) is 46.1 Å². The Hall–Kier alpha value is -0.770. The van der Waals surface area contributed by atoms with Gasteiger partial charge in [0.15, 0.2) is 5.96 Å². The summed E-state index contributed by atoms with van der Waals surface area (Å²) in [5.74, 6) is 1.69. The van der Waals surface area contributed by atoms with E-state index in [1.165, 1.54) is 12.8 Å². The summed E-state index contributed by atoms with van der Waals surface area (Å²) in [6.45, 7) is 8.82. The minimum atomic E-state index is 0.479. The van der Waals surface area contributed by atoms with Crippen molar-refractivity contribution in [3.63, 3.8) is 0 Å². The predicted octanol–water partition coefficient (Wildman–Crippen LogP) is 1.93. The molecule has 1 atom stereocenters. The van der Waals surface area contributed by atoms with Gasteiger partial charge in [0, 0.05) is 19.6 Å². The quantitative estimate of drug-likeness (QED) is 0.396. The van der Waals surface area contributed by atoms with Gasteiger partial charge in [-0.15, -0.1) is 0 Å². The molecule has 0 amide bonds. The third-order valence-corrected chi connectivity index (χ3v) is 2.86. The van der Waals surface area contributed by atoms with E-state index in [0.717, 1.165) is 31.4 Å². The molecule has 0 aliphatic heterocycles. The molecule has 0 aliphatic rings. The lowest BCUT2D eigenvalue weighted by Gasteiger charge is -2.19. The van der Waals surface area contributed by atoms with E-state index in [4.69, 9.17) is 0 Å². The van der Waals surface area contributed by atoms with Crippen molar-refractivity contribution in [3.8, 4) is 0 Å². The minimum absolute atomic E-state index is 0.479. The number of aliphatic imine (C=N–C) groups is 1. The van der Waals surface area contributed by atoms with Gasteiger partial charge in [0.05, 0.1) is 0 Å². The van der Waals surface area contributed by atoms with E-state index >= 15 is 0 Å². The van der Waals surface area contributed by atoms with E-state index in [2.05, 4.69) is 55.4 Å². The molecule has 0 aromatic carbocycles. The average Bonchev–Trinajstić information content (AvgIpc) is 2.30. The maximum atomic E-state index is 4.25. The zero-order chi connectivity index (χ0) is 14.0. The van der Waals surface area contributed by atoms with Crippen LogP contribution in [0.2, 0.25) is 0 Å². The topological polar surface area (TPSA) is 39.7 Å². The van der Waals surface area contributed by atoms with Gasteiger partial charge in [-0.1, -0.05) is 13.8 Å². The van der Waals surface area contributed by atoms with Gasteiger partial charge >= 0.3 is 0 Å². The molecule has 0 fully saturated rings. The summed E-state index contributed by atoms with van der Waals surface area (Å²) in [7, 11) is 6.03. The summed E-state index contributed by atoms with van der Waals surface area (Å²) < 4.78 is 0. The van der Waals surface area contributed by atoms with E-state index in [1.807, 2.05) is 7.05 Å². The first-order chi connectivity index (χ1) is 8.45. The number of nitrogens with one attached hydrogen (secondary N) is 2. The van der Waals surface area contributed by atoms with E-state index < -0.39 is 0 Å². The van der Waals surface area contributed by atoms with Crippen LogP contribution in [0.15, 0.2) is 4.99 Å². The summed E-state index contributed by atoms with van der Waals surface area (Å²) in [6, 6.07) is 0.479. The second kappa shape index (κ2) is 10.2. The Morgan fingerprint density at radius 2 is 1.83 bits per heavy atom. The number of nitrogens with zero attached hydrogens (tertiary/aromatic N) is 2. The fourth-order valence-electron chi connectivity index (χ4n) is 1.69. The van der Waals surface area contributed by atoms with Crippen LogP contribution in [-0.2, 0) is 0 Å². The van der Waals surface area contributed by atoms with E-state index in [1.54, 1.807) is 0 Å². The molecule has 108 valence electrons. The van der Waals surface area contributed by atoms with Crippen LogP contribution in [0.1, 0.15) is 40.0 Å². The third-order valence-electron chi connectivity index (χ3n) is 2.86. The zero-order valence-corrected chi connectivity index (χ0v) is 13.1. The summed E-state index contributed by atoms with van der Waals surface area (Å²) in [6.07, 6.45) is 3.58. The first-order valence-electron chi connectivity index (χ1n) is 7.07. The monoisotopic (exact) mass is 256 g/mol. The van der Waals surface area contributed by atoms with Crippen LogP contribution in [0.25, 0.3) is 0 Å². The predicted molar refractivity (Wildman–Crippen MR) is 81.2 cm³/mol. The molecule has 0 bridgehead atoms. The maximum Gasteiger partial charge on any atom is 0.191 e. The van der Waals surface area contributed by atoms with Crippen molar-refractivity contribution in [2.75, 3.05) is 34.2 Å². The highest BCUT2D eigenvalue weighted by Crippen LogP contribution is 2.06. The summed E-state index contributed by atoms with van der Waals surface area (Å²) in [4.78, 5) is 6.45. The van der Waals surface area contributed by atoms with Crippen LogP contribution in [0.5, 0.6) is 0 Å². The molecule has 0 heterocycles. The van der Waals surface area contributed by atoms with Gasteiger partial charge in [-0.05, 0) is 52.7 Å². The highest BCUT2D eigenvalue weighted by atomic mass is 15.2. The van der Waals surface area contributed by atoms with Gasteiger partial charge in [0.1, 0.15) is 0 Å². The van der Waals surface area contributed by atoms with Crippen LogP contribution in [0, 0.1) is 5.92 Å². The van der Waals surface area contributed by atoms with Gasteiger partial charge in [-0.25, -0.2) is 0 Å². The van der Waals surface area contributed by atoms with Crippen molar-refractivity contribution in [1.82, 2.24) is 15.5 Å². The molecule has 4 nitrogen and oxygen atoms in total. The molecule has 0 radical (unpaired) electrons. The number of hydrogen-bond donors (Lipinski definition) is 2. The molecule has 0 aromatic heterocycles. The Kier molecular flexibility index (Phi) is 9.74. The largest absolute Gasteiger partial charge is 0.356 e. The molecule has 4 heteroatoms. The zero-order valence-electron chi connectivity index (χ0n) is 13.1. The van der Waals surface area contributed by atoms with Gasteiger partial charge in [-0.3, -0.25) is 4.99 Å². The first kappa shape index (κ1) is 17.2. The van der Waals surface area contributed by atoms with E-state index in [0.29, 0.717) is 6.04 Å². The van der Waals surface area contributed by atoms with Crippen LogP contribution < -0.4 is 10.6 Å². The summed E-state index contributed by atoms with van der Waals surface area (Å²) in [5.41, 5.74) is 0. The third kappa shape index (κ3) is 10.4. The van der Waals surface area contributed by atoms with Crippen molar-refractivity contribution >= 4 is 5.96 Å².